The topological polar surface area (TPSA) is 3.24 Å². The van der Waals surface area contributed by atoms with Crippen molar-refractivity contribution in [2.45, 2.75) is 34.1 Å². The van der Waals surface area contributed by atoms with Crippen molar-refractivity contribution in [2.24, 2.45) is 0 Å². The third-order valence-electron chi connectivity index (χ3n) is 7.16. The van der Waals surface area contributed by atoms with Gasteiger partial charge in [0.15, 0.2) is 0 Å². The van der Waals surface area contributed by atoms with Gasteiger partial charge >= 0.3 is 0 Å². The molecule has 0 bridgehead atoms. The number of anilines is 1. The van der Waals surface area contributed by atoms with E-state index in [2.05, 4.69) is 161 Å². The zero-order valence-electron chi connectivity index (χ0n) is 23.7. The Kier molecular flexibility index (Phi) is 9.53. The summed E-state index contributed by atoms with van der Waals surface area (Å²) in [5, 5.41) is 0. The zero-order chi connectivity index (χ0) is 27.6. The molecule has 0 amide bonds. The first-order valence-corrected chi connectivity index (χ1v) is 13.8. The van der Waals surface area contributed by atoms with Gasteiger partial charge in [-0.25, -0.2) is 0 Å². The highest BCUT2D eigenvalue weighted by atomic mass is 15.1. The number of hydrogen-bond acceptors (Lipinski definition) is 1. The molecular weight excluding hydrogens is 470 g/mol. The van der Waals surface area contributed by atoms with Gasteiger partial charge < -0.3 is 4.90 Å². The Bertz CT molecular complexity index is 1490. The van der Waals surface area contributed by atoms with E-state index in [0.29, 0.717) is 0 Å². The molecule has 1 nitrogen and oxygen atoms in total. The van der Waals surface area contributed by atoms with Crippen molar-refractivity contribution in [3.05, 3.63) is 156 Å². The minimum absolute atomic E-state index is 0.757. The van der Waals surface area contributed by atoms with Crippen LogP contribution >= 0.6 is 0 Å². The predicted molar refractivity (Wildman–Crippen MR) is 173 cm³/mol. The second kappa shape index (κ2) is 13.4. The molecule has 39 heavy (non-hydrogen) atoms. The molecule has 0 radical (unpaired) electrons. The minimum Gasteiger partial charge on any atom is -0.337 e. The fourth-order valence-electron chi connectivity index (χ4n) is 5.12. The van der Waals surface area contributed by atoms with Gasteiger partial charge in [-0.2, -0.15) is 0 Å². The monoisotopic (exact) mass is 509 g/mol. The molecule has 196 valence electrons. The molecule has 0 saturated heterocycles. The summed E-state index contributed by atoms with van der Waals surface area (Å²) >= 11 is 0. The fraction of sp³-hybridized carbons (Fsp3) is 0.158. The van der Waals surface area contributed by atoms with Crippen LogP contribution in [-0.2, 0) is 0 Å². The van der Waals surface area contributed by atoms with Gasteiger partial charge in [-0.3, -0.25) is 0 Å². The molecule has 0 aliphatic carbocycles. The molecule has 1 aliphatic heterocycles. The Labute approximate surface area is 235 Å². The highest BCUT2D eigenvalue weighted by Crippen LogP contribution is 2.44. The maximum Gasteiger partial charge on any atom is 0.0494 e. The molecule has 0 N–H and O–H groups in total. The van der Waals surface area contributed by atoms with E-state index in [1.54, 1.807) is 0 Å². The lowest BCUT2D eigenvalue weighted by atomic mass is 9.89. The van der Waals surface area contributed by atoms with Crippen molar-refractivity contribution in [2.75, 3.05) is 11.4 Å². The molecule has 3 aromatic carbocycles. The molecule has 0 aromatic heterocycles. The van der Waals surface area contributed by atoms with Crippen molar-refractivity contribution in [3.63, 3.8) is 0 Å². The second-order valence-corrected chi connectivity index (χ2v) is 9.69. The quantitative estimate of drug-likeness (QED) is 0.299. The molecule has 3 aromatic rings. The number of fused-ring (bicyclic) bond motifs is 3. The second-order valence-electron chi connectivity index (χ2n) is 9.69. The minimum atomic E-state index is 0.757. The van der Waals surface area contributed by atoms with Gasteiger partial charge in [-0.05, 0) is 73.2 Å². The average molecular weight is 510 g/mol. The number of benzene rings is 3. The van der Waals surface area contributed by atoms with Crippen LogP contribution in [0.5, 0.6) is 0 Å². The lowest BCUT2D eigenvalue weighted by molar-refractivity contribution is 0.997. The molecule has 1 aliphatic rings. The highest BCUT2D eigenvalue weighted by Gasteiger charge is 2.24. The Morgan fingerprint density at radius 2 is 1.56 bits per heavy atom. The number of rotatable bonds is 6. The molecule has 0 unspecified atom stereocenters. The number of nitrogens with zero attached hydrogens (tertiary/aromatic N) is 1. The van der Waals surface area contributed by atoms with Crippen LogP contribution in [0, 0.1) is 0 Å². The Morgan fingerprint density at radius 3 is 2.26 bits per heavy atom. The summed E-state index contributed by atoms with van der Waals surface area (Å²) in [5.74, 6) is 0. The van der Waals surface area contributed by atoms with E-state index >= 15 is 0 Å². The molecule has 0 fully saturated rings. The molecular formula is C38H39N. The van der Waals surface area contributed by atoms with E-state index in [9.17, 15) is 0 Å². The molecule has 1 heterocycles. The summed E-state index contributed by atoms with van der Waals surface area (Å²) < 4.78 is 0. The van der Waals surface area contributed by atoms with Gasteiger partial charge in [0.1, 0.15) is 0 Å². The lowest BCUT2D eigenvalue weighted by Gasteiger charge is -2.30. The van der Waals surface area contributed by atoms with E-state index in [0.717, 1.165) is 13.0 Å². The van der Waals surface area contributed by atoms with Crippen LogP contribution in [0.1, 0.15) is 39.7 Å². The smallest absolute Gasteiger partial charge is 0.0494 e. The van der Waals surface area contributed by atoms with Crippen LogP contribution < -0.4 is 4.90 Å². The number of hydrogen-bond donors (Lipinski definition) is 0. The Morgan fingerprint density at radius 1 is 0.821 bits per heavy atom. The van der Waals surface area contributed by atoms with Crippen LogP contribution in [0.4, 0.5) is 5.69 Å². The van der Waals surface area contributed by atoms with Crippen molar-refractivity contribution in [1.82, 2.24) is 0 Å². The SMILES string of the molecule is C=C/C=C1/C/C(=C\C=C/C)c2ccccc2-c2cc(-c3ccccc3)ccc2N(C/C=C\C(C)=C/C)/C1=C/C. The van der Waals surface area contributed by atoms with E-state index in [1.807, 2.05) is 6.08 Å². The van der Waals surface area contributed by atoms with E-state index in [4.69, 9.17) is 0 Å². The normalized spacial score (nSPS) is 17.4. The largest absolute Gasteiger partial charge is 0.337 e. The zero-order valence-corrected chi connectivity index (χ0v) is 23.7. The maximum atomic E-state index is 4.07. The third-order valence-corrected chi connectivity index (χ3v) is 7.16. The van der Waals surface area contributed by atoms with Gasteiger partial charge in [-0.15, -0.1) is 0 Å². The van der Waals surface area contributed by atoms with Gasteiger partial charge in [0.05, 0.1) is 0 Å². The van der Waals surface area contributed by atoms with E-state index in [1.165, 1.54) is 55.9 Å². The molecule has 1 heteroatoms. The number of allylic oxidation sites excluding steroid dienone is 11. The first kappa shape index (κ1) is 27.7. The van der Waals surface area contributed by atoms with Crippen LogP contribution in [-0.4, -0.2) is 6.54 Å². The summed E-state index contributed by atoms with van der Waals surface area (Å²) in [4.78, 5) is 2.45. The van der Waals surface area contributed by atoms with E-state index < -0.39 is 0 Å². The fourth-order valence-corrected chi connectivity index (χ4v) is 5.12. The van der Waals surface area contributed by atoms with Gasteiger partial charge in [0.2, 0.25) is 0 Å². The standard InChI is InChI=1S/C38H39N/c1-6-10-19-32-27-33(17-7-2)37(9-4)39(26-16-18-29(5)8-3)38-25-24-31(30-20-12-11-13-21-30)28-36(38)35-23-15-14-22-34(32)35/h6-25,28H,2,26-27H2,1,3-5H3/b10-6-,18-16-,29-8-,32-19+,33-17-,37-9+. The average Bonchev–Trinajstić information content (AvgIpc) is 3.02. The summed E-state index contributed by atoms with van der Waals surface area (Å²) in [6.07, 6.45) is 20.2. The van der Waals surface area contributed by atoms with Crippen LogP contribution in [0.15, 0.2) is 151 Å². The molecule has 0 atom stereocenters. The van der Waals surface area contributed by atoms with E-state index in [-0.39, 0.29) is 0 Å². The lowest BCUT2D eigenvalue weighted by Crippen LogP contribution is -2.24. The van der Waals surface area contributed by atoms with Crippen molar-refractivity contribution in [1.29, 1.82) is 0 Å². The van der Waals surface area contributed by atoms with Crippen LogP contribution in [0.25, 0.3) is 27.8 Å². The summed E-state index contributed by atoms with van der Waals surface area (Å²) in [5.41, 5.74) is 12.3. The maximum absolute atomic E-state index is 4.07. The summed E-state index contributed by atoms with van der Waals surface area (Å²) in [6, 6.07) is 26.4. The molecule has 4 rings (SSSR count). The Balaban J connectivity index is 2.06. The van der Waals surface area contributed by atoms with Crippen molar-refractivity contribution < 1.29 is 0 Å². The predicted octanol–water partition coefficient (Wildman–Crippen LogP) is 10.7. The van der Waals surface area contributed by atoms with Gasteiger partial charge in [-0.1, -0.05) is 127 Å². The third kappa shape index (κ3) is 6.38. The summed E-state index contributed by atoms with van der Waals surface area (Å²) in [6.45, 7) is 13.3. The van der Waals surface area contributed by atoms with Crippen molar-refractivity contribution in [3.8, 4) is 22.3 Å². The van der Waals surface area contributed by atoms with Crippen LogP contribution in [0.2, 0.25) is 0 Å². The van der Waals surface area contributed by atoms with Crippen LogP contribution in [0.3, 0.4) is 0 Å². The van der Waals surface area contributed by atoms with Gasteiger partial charge in [0, 0.05) is 29.9 Å². The first-order valence-electron chi connectivity index (χ1n) is 13.8. The highest BCUT2D eigenvalue weighted by molar-refractivity contribution is 5.93. The van der Waals surface area contributed by atoms with Gasteiger partial charge in [0.25, 0.3) is 0 Å². The molecule has 0 saturated carbocycles. The summed E-state index contributed by atoms with van der Waals surface area (Å²) in [7, 11) is 0. The molecule has 0 spiro atoms. The van der Waals surface area contributed by atoms with Crippen molar-refractivity contribution >= 4 is 11.3 Å². The first-order chi connectivity index (χ1) is 19.1. The Hall–Kier alpha value is -4.36.